The third-order valence-corrected chi connectivity index (χ3v) is 10.2. The van der Waals surface area contributed by atoms with Gasteiger partial charge in [0.2, 0.25) is 5.91 Å². The Morgan fingerprint density at radius 3 is 1.74 bits per heavy atom. The highest BCUT2D eigenvalue weighted by molar-refractivity contribution is 5.76. The van der Waals surface area contributed by atoms with Crippen molar-refractivity contribution in [1.82, 2.24) is 5.32 Å². The Morgan fingerprint density at radius 1 is 0.660 bits per heavy atom. The predicted molar refractivity (Wildman–Crippen MR) is 199 cm³/mol. The fourth-order valence-electron chi connectivity index (χ4n) is 6.76. The SMILES string of the molecule is CCCCCCCCCCCCCCC/C=C/C(O)C(COC1OC(CO)C(OC2OC(CO)C(O)C(O)C2O)C(O)C1O)NC(=O)CCCCCC. The number of amides is 1. The molecule has 14 heteroatoms. The largest absolute Gasteiger partial charge is 0.394 e. The molecule has 0 radical (unpaired) electrons. The number of aliphatic hydroxyl groups is 8. The van der Waals surface area contributed by atoms with E-state index in [9.17, 15) is 45.6 Å². The van der Waals surface area contributed by atoms with Crippen molar-refractivity contribution in [1.29, 1.82) is 0 Å². The second-order valence-electron chi connectivity index (χ2n) is 14.8. The number of ether oxygens (including phenoxy) is 4. The Hall–Kier alpha value is -1.27. The molecule has 0 bridgehead atoms. The number of hydrogen-bond donors (Lipinski definition) is 9. The van der Waals surface area contributed by atoms with Gasteiger partial charge in [-0.05, 0) is 19.3 Å². The highest BCUT2D eigenvalue weighted by Crippen LogP contribution is 2.29. The van der Waals surface area contributed by atoms with Crippen LogP contribution < -0.4 is 5.32 Å². The smallest absolute Gasteiger partial charge is 0.220 e. The first-order valence-corrected chi connectivity index (χ1v) is 20.4. The lowest BCUT2D eigenvalue weighted by Crippen LogP contribution is -2.65. The number of hydrogen-bond acceptors (Lipinski definition) is 13. The maximum absolute atomic E-state index is 12.8. The molecule has 0 saturated carbocycles. The predicted octanol–water partition coefficient (Wildman–Crippen LogP) is 2.48. The summed E-state index contributed by atoms with van der Waals surface area (Å²) >= 11 is 0. The van der Waals surface area contributed by atoms with Gasteiger partial charge in [0.25, 0.3) is 0 Å². The number of nitrogens with one attached hydrogen (secondary N) is 1. The van der Waals surface area contributed by atoms with E-state index in [2.05, 4.69) is 19.2 Å². The Labute approximate surface area is 316 Å². The summed E-state index contributed by atoms with van der Waals surface area (Å²) in [5.74, 6) is -0.259. The molecule has 2 fully saturated rings. The lowest BCUT2D eigenvalue weighted by molar-refractivity contribution is -0.359. The van der Waals surface area contributed by atoms with Crippen LogP contribution in [0.4, 0.5) is 0 Å². The van der Waals surface area contributed by atoms with Crippen molar-refractivity contribution in [3.8, 4) is 0 Å². The molecular formula is C39H73NO13. The highest BCUT2D eigenvalue weighted by Gasteiger charge is 2.50. The Morgan fingerprint density at radius 2 is 1.17 bits per heavy atom. The zero-order valence-corrected chi connectivity index (χ0v) is 32.3. The van der Waals surface area contributed by atoms with Crippen molar-refractivity contribution in [3.05, 3.63) is 12.2 Å². The van der Waals surface area contributed by atoms with Gasteiger partial charge in [-0.2, -0.15) is 0 Å². The van der Waals surface area contributed by atoms with Gasteiger partial charge >= 0.3 is 0 Å². The molecule has 2 aliphatic rings. The third kappa shape index (κ3) is 17.6. The van der Waals surface area contributed by atoms with Crippen LogP contribution in [0.1, 0.15) is 136 Å². The molecule has 2 aliphatic heterocycles. The van der Waals surface area contributed by atoms with Crippen LogP contribution in [0.5, 0.6) is 0 Å². The zero-order valence-electron chi connectivity index (χ0n) is 32.3. The van der Waals surface area contributed by atoms with Gasteiger partial charge in [-0.25, -0.2) is 0 Å². The summed E-state index contributed by atoms with van der Waals surface area (Å²) in [6, 6.07) is -0.903. The maximum Gasteiger partial charge on any atom is 0.220 e. The lowest BCUT2D eigenvalue weighted by Gasteiger charge is -2.46. The van der Waals surface area contributed by atoms with E-state index in [0.29, 0.717) is 6.42 Å². The molecule has 0 aliphatic carbocycles. The van der Waals surface area contributed by atoms with Crippen LogP contribution in [0.15, 0.2) is 12.2 Å². The minimum atomic E-state index is -1.78. The molecule has 312 valence electrons. The molecule has 9 N–H and O–H groups in total. The van der Waals surface area contributed by atoms with Gasteiger partial charge in [-0.15, -0.1) is 0 Å². The molecule has 0 aromatic carbocycles. The number of carbonyl (C=O) groups is 1. The van der Waals surface area contributed by atoms with Gasteiger partial charge in [0.05, 0.1) is 32.0 Å². The first kappa shape index (κ1) is 47.9. The zero-order chi connectivity index (χ0) is 39.0. The first-order chi connectivity index (χ1) is 25.6. The van der Waals surface area contributed by atoms with Crippen LogP contribution in [-0.2, 0) is 23.7 Å². The average Bonchev–Trinajstić information content (AvgIpc) is 3.15. The molecule has 12 unspecified atom stereocenters. The summed E-state index contributed by atoms with van der Waals surface area (Å²) in [4.78, 5) is 12.8. The van der Waals surface area contributed by atoms with E-state index in [1.54, 1.807) is 6.08 Å². The van der Waals surface area contributed by atoms with Crippen molar-refractivity contribution in [2.75, 3.05) is 19.8 Å². The molecule has 53 heavy (non-hydrogen) atoms. The third-order valence-electron chi connectivity index (χ3n) is 10.2. The average molecular weight is 764 g/mol. The second-order valence-corrected chi connectivity index (χ2v) is 14.8. The molecule has 14 nitrogen and oxygen atoms in total. The van der Waals surface area contributed by atoms with Gasteiger partial charge in [-0.3, -0.25) is 4.79 Å². The van der Waals surface area contributed by atoms with Gasteiger partial charge in [0.15, 0.2) is 12.6 Å². The number of carbonyl (C=O) groups excluding carboxylic acids is 1. The summed E-state index contributed by atoms with van der Waals surface area (Å²) < 4.78 is 22.4. The van der Waals surface area contributed by atoms with Crippen LogP contribution in [0.3, 0.4) is 0 Å². The number of allylic oxidation sites excluding steroid dienone is 1. The van der Waals surface area contributed by atoms with Crippen molar-refractivity contribution in [2.24, 2.45) is 0 Å². The van der Waals surface area contributed by atoms with Crippen LogP contribution in [-0.4, -0.2) is 140 Å². The summed E-state index contributed by atoms with van der Waals surface area (Å²) in [7, 11) is 0. The van der Waals surface area contributed by atoms with E-state index >= 15 is 0 Å². The quantitative estimate of drug-likeness (QED) is 0.0395. The molecule has 0 aromatic rings. The van der Waals surface area contributed by atoms with Crippen LogP contribution in [0.2, 0.25) is 0 Å². The molecule has 2 rings (SSSR count). The fraction of sp³-hybridized carbons (Fsp3) is 0.923. The molecule has 1 amide bonds. The molecule has 12 atom stereocenters. The van der Waals surface area contributed by atoms with Crippen LogP contribution >= 0.6 is 0 Å². The summed E-state index contributed by atoms with van der Waals surface area (Å²) in [5.41, 5.74) is 0. The summed E-state index contributed by atoms with van der Waals surface area (Å²) in [6.45, 7) is 2.61. The van der Waals surface area contributed by atoms with Crippen molar-refractivity contribution in [2.45, 2.75) is 209 Å². The normalized spacial score (nSPS) is 30.5. The van der Waals surface area contributed by atoms with Crippen molar-refractivity contribution < 1.29 is 64.6 Å². The first-order valence-electron chi connectivity index (χ1n) is 20.4. The van der Waals surface area contributed by atoms with E-state index in [1.807, 2.05) is 6.08 Å². The summed E-state index contributed by atoms with van der Waals surface area (Å²) in [6.07, 6.45) is 7.69. The second kappa shape index (κ2) is 28.2. The number of aliphatic hydroxyl groups excluding tert-OH is 8. The Kier molecular flexibility index (Phi) is 25.5. The van der Waals surface area contributed by atoms with Crippen LogP contribution in [0, 0.1) is 0 Å². The number of unbranched alkanes of at least 4 members (excludes halogenated alkanes) is 16. The maximum atomic E-state index is 12.8. The summed E-state index contributed by atoms with van der Waals surface area (Å²) in [5, 5.41) is 85.8. The minimum absolute atomic E-state index is 0.259. The topological polar surface area (TPSA) is 228 Å². The molecule has 0 spiro atoms. The fourth-order valence-corrected chi connectivity index (χ4v) is 6.76. The van der Waals surface area contributed by atoms with Gasteiger partial charge in [0, 0.05) is 6.42 Å². The van der Waals surface area contributed by atoms with E-state index in [1.165, 1.54) is 70.6 Å². The van der Waals surface area contributed by atoms with Crippen LogP contribution in [0.25, 0.3) is 0 Å². The van der Waals surface area contributed by atoms with Crippen molar-refractivity contribution >= 4 is 5.91 Å². The van der Waals surface area contributed by atoms with Crippen molar-refractivity contribution in [3.63, 3.8) is 0 Å². The molecule has 2 heterocycles. The van der Waals surface area contributed by atoms with E-state index < -0.39 is 86.8 Å². The Balaban J connectivity index is 1.88. The van der Waals surface area contributed by atoms with Gasteiger partial charge < -0.3 is 65.1 Å². The van der Waals surface area contributed by atoms with E-state index in [4.69, 9.17) is 18.9 Å². The lowest BCUT2D eigenvalue weighted by atomic mass is 9.97. The standard InChI is InChI=1S/C39H73NO13/c1-3-5-7-9-10-11-12-13-14-15-16-17-18-19-20-22-28(43)27(40-31(44)23-21-8-6-4-2)26-50-38-36(49)34(47)37(30(25-42)52-38)53-39-35(48)33(46)32(45)29(24-41)51-39/h20,22,27-30,32-39,41-43,45-49H,3-19,21,23-26H2,1-2H3,(H,40,44)/b22-20+. The van der Waals surface area contributed by atoms with Gasteiger partial charge in [-0.1, -0.05) is 122 Å². The van der Waals surface area contributed by atoms with E-state index in [-0.39, 0.29) is 18.9 Å². The monoisotopic (exact) mass is 764 g/mol. The highest BCUT2D eigenvalue weighted by atomic mass is 16.7. The number of rotatable bonds is 29. The van der Waals surface area contributed by atoms with E-state index in [0.717, 1.165) is 38.5 Å². The minimum Gasteiger partial charge on any atom is -0.394 e. The molecule has 2 saturated heterocycles. The Bertz CT molecular complexity index is 956. The molecule has 0 aromatic heterocycles. The molecular weight excluding hydrogens is 690 g/mol. The van der Waals surface area contributed by atoms with Gasteiger partial charge in [0.1, 0.15) is 48.8 Å².